The zero-order chi connectivity index (χ0) is 20.4. The van der Waals surface area contributed by atoms with Crippen LogP contribution in [0.1, 0.15) is 35.9 Å². The van der Waals surface area contributed by atoms with Crippen LogP contribution in [0.5, 0.6) is 6.01 Å². The van der Waals surface area contributed by atoms with E-state index in [-0.39, 0.29) is 10.6 Å². The van der Waals surface area contributed by atoms with Gasteiger partial charge < -0.3 is 9.64 Å². The fourth-order valence-electron chi connectivity index (χ4n) is 3.64. The number of H-pyrrole nitrogens is 1. The molecule has 7 nitrogen and oxygen atoms in total. The van der Waals surface area contributed by atoms with Gasteiger partial charge in [-0.1, -0.05) is 42.8 Å². The van der Waals surface area contributed by atoms with Crippen molar-refractivity contribution in [1.82, 2.24) is 19.7 Å². The molecule has 0 aliphatic carbocycles. The summed E-state index contributed by atoms with van der Waals surface area (Å²) in [6.07, 6.45) is 3.29. The van der Waals surface area contributed by atoms with E-state index in [2.05, 4.69) is 46.8 Å². The summed E-state index contributed by atoms with van der Waals surface area (Å²) in [5, 5.41) is 6.41. The minimum Gasteiger partial charge on any atom is -0.465 e. The number of rotatable bonds is 6. The Labute approximate surface area is 174 Å². The van der Waals surface area contributed by atoms with E-state index >= 15 is 0 Å². The molecule has 1 aromatic carbocycles. The van der Waals surface area contributed by atoms with Crippen LogP contribution in [0, 0.1) is 6.92 Å². The van der Waals surface area contributed by atoms with Crippen LogP contribution >= 0.6 is 11.6 Å². The summed E-state index contributed by atoms with van der Waals surface area (Å²) in [6.45, 7) is 6.83. The number of imidazole rings is 1. The quantitative estimate of drug-likeness (QED) is 0.670. The van der Waals surface area contributed by atoms with E-state index in [1.165, 1.54) is 16.8 Å². The molecule has 0 unspecified atom stereocenters. The van der Waals surface area contributed by atoms with Gasteiger partial charge >= 0.3 is 0 Å². The number of aromatic nitrogens is 4. The monoisotopic (exact) mass is 413 g/mol. The van der Waals surface area contributed by atoms with Crippen LogP contribution in [0.25, 0.3) is 0 Å². The first-order chi connectivity index (χ1) is 14.1. The zero-order valence-electron chi connectivity index (χ0n) is 16.6. The van der Waals surface area contributed by atoms with Gasteiger partial charge in [-0.3, -0.25) is 9.36 Å². The number of nitrogens with zero attached hydrogens (tertiary/aromatic N) is 4. The van der Waals surface area contributed by atoms with Gasteiger partial charge in [0.05, 0.1) is 37.3 Å². The van der Waals surface area contributed by atoms with Crippen molar-refractivity contribution in [2.75, 3.05) is 18.1 Å². The SMILES string of the molecule is CCCOc1nc2c(n1Cc1ccccc1C)CCN(c1cn[nH]c(=O)c1Cl)C2. The maximum absolute atomic E-state index is 11.8. The molecule has 8 heteroatoms. The van der Waals surface area contributed by atoms with E-state index in [9.17, 15) is 4.79 Å². The van der Waals surface area contributed by atoms with Crippen molar-refractivity contribution in [1.29, 1.82) is 0 Å². The topological polar surface area (TPSA) is 76.0 Å². The Morgan fingerprint density at radius 3 is 2.93 bits per heavy atom. The molecule has 2 aromatic heterocycles. The number of halogens is 1. The van der Waals surface area contributed by atoms with Crippen LogP contribution in [0.15, 0.2) is 35.3 Å². The number of ether oxygens (including phenoxy) is 1. The van der Waals surface area contributed by atoms with Crippen molar-refractivity contribution in [3.05, 3.63) is 68.4 Å². The van der Waals surface area contributed by atoms with Gasteiger partial charge in [-0.2, -0.15) is 10.1 Å². The summed E-state index contributed by atoms with van der Waals surface area (Å²) in [5.74, 6) is 0. The minimum absolute atomic E-state index is 0.158. The highest BCUT2D eigenvalue weighted by atomic mass is 35.5. The molecule has 152 valence electrons. The lowest BCUT2D eigenvalue weighted by Crippen LogP contribution is -2.32. The predicted octanol–water partition coefficient (Wildman–Crippen LogP) is 3.33. The van der Waals surface area contributed by atoms with E-state index in [4.69, 9.17) is 21.3 Å². The first-order valence-corrected chi connectivity index (χ1v) is 10.2. The Morgan fingerprint density at radius 2 is 2.14 bits per heavy atom. The average Bonchev–Trinajstić information content (AvgIpc) is 3.06. The number of anilines is 1. The molecule has 29 heavy (non-hydrogen) atoms. The van der Waals surface area contributed by atoms with Crippen LogP contribution in [0.4, 0.5) is 5.69 Å². The third-order valence-corrected chi connectivity index (χ3v) is 5.59. The Bertz CT molecular complexity index is 1080. The van der Waals surface area contributed by atoms with E-state index in [1.807, 2.05) is 11.0 Å². The predicted molar refractivity (Wildman–Crippen MR) is 113 cm³/mol. The van der Waals surface area contributed by atoms with Gasteiger partial charge in [0.25, 0.3) is 11.6 Å². The largest absolute Gasteiger partial charge is 0.465 e. The van der Waals surface area contributed by atoms with Crippen LogP contribution in [-0.2, 0) is 19.5 Å². The molecule has 0 amide bonds. The van der Waals surface area contributed by atoms with Crippen molar-refractivity contribution in [2.45, 2.75) is 39.8 Å². The normalized spacial score (nSPS) is 13.4. The van der Waals surface area contributed by atoms with E-state index in [1.54, 1.807) is 6.20 Å². The minimum atomic E-state index is -0.382. The fraction of sp³-hybridized carbons (Fsp3) is 0.381. The fourth-order valence-corrected chi connectivity index (χ4v) is 3.85. The van der Waals surface area contributed by atoms with Crippen molar-refractivity contribution >= 4 is 17.3 Å². The molecule has 3 heterocycles. The molecule has 0 spiro atoms. The van der Waals surface area contributed by atoms with Crippen molar-refractivity contribution in [3.8, 4) is 6.01 Å². The molecule has 0 saturated carbocycles. The lowest BCUT2D eigenvalue weighted by atomic mass is 10.1. The maximum atomic E-state index is 11.8. The lowest BCUT2D eigenvalue weighted by Gasteiger charge is -2.29. The van der Waals surface area contributed by atoms with E-state index in [0.29, 0.717) is 24.8 Å². The van der Waals surface area contributed by atoms with E-state index in [0.717, 1.165) is 31.6 Å². The second-order valence-electron chi connectivity index (χ2n) is 7.22. The summed E-state index contributed by atoms with van der Waals surface area (Å²) in [7, 11) is 0. The Kier molecular flexibility index (Phi) is 5.58. The number of hydrogen-bond acceptors (Lipinski definition) is 5. The van der Waals surface area contributed by atoms with Gasteiger partial charge in [0, 0.05) is 18.7 Å². The molecular formula is C21H24ClN5O2. The summed E-state index contributed by atoms with van der Waals surface area (Å²) < 4.78 is 8.16. The van der Waals surface area contributed by atoms with Crippen molar-refractivity contribution in [2.24, 2.45) is 0 Å². The van der Waals surface area contributed by atoms with Crippen LogP contribution in [-0.4, -0.2) is 32.9 Å². The molecule has 0 fully saturated rings. The number of aryl methyl sites for hydroxylation is 1. The lowest BCUT2D eigenvalue weighted by molar-refractivity contribution is 0.279. The molecule has 3 aromatic rings. The highest BCUT2D eigenvalue weighted by Crippen LogP contribution is 2.30. The maximum Gasteiger partial charge on any atom is 0.297 e. The summed E-state index contributed by atoms with van der Waals surface area (Å²) in [5.41, 5.74) is 4.86. The van der Waals surface area contributed by atoms with Gasteiger partial charge in [-0.25, -0.2) is 5.10 Å². The van der Waals surface area contributed by atoms with Gasteiger partial charge in [0.2, 0.25) is 0 Å². The molecule has 0 atom stereocenters. The zero-order valence-corrected chi connectivity index (χ0v) is 17.4. The number of benzene rings is 1. The highest BCUT2D eigenvalue weighted by Gasteiger charge is 2.27. The van der Waals surface area contributed by atoms with Gasteiger partial charge in [-0.05, 0) is 24.5 Å². The van der Waals surface area contributed by atoms with Crippen LogP contribution in [0.2, 0.25) is 5.02 Å². The molecule has 0 radical (unpaired) electrons. The van der Waals surface area contributed by atoms with Gasteiger partial charge in [-0.15, -0.1) is 0 Å². The summed E-state index contributed by atoms with van der Waals surface area (Å²) in [4.78, 5) is 18.7. The first kappa shape index (κ1) is 19.5. The molecule has 1 N–H and O–H groups in total. The third kappa shape index (κ3) is 3.87. The first-order valence-electron chi connectivity index (χ1n) is 9.82. The second kappa shape index (κ2) is 8.29. The molecule has 1 aliphatic heterocycles. The third-order valence-electron chi connectivity index (χ3n) is 5.22. The van der Waals surface area contributed by atoms with Crippen LogP contribution < -0.4 is 15.2 Å². The second-order valence-corrected chi connectivity index (χ2v) is 7.60. The number of aromatic amines is 1. The standard InChI is InChI=1S/C21H24ClN5O2/c1-3-10-29-21-24-16-13-26(18-11-23-25-20(28)19(18)22)9-8-17(16)27(21)12-15-7-5-4-6-14(15)2/h4-7,11H,3,8-10,12-13H2,1-2H3,(H,25,28). The smallest absolute Gasteiger partial charge is 0.297 e. The number of nitrogens with one attached hydrogen (secondary N) is 1. The Morgan fingerprint density at radius 1 is 1.31 bits per heavy atom. The van der Waals surface area contributed by atoms with Crippen molar-refractivity contribution < 1.29 is 4.74 Å². The van der Waals surface area contributed by atoms with Crippen LogP contribution in [0.3, 0.4) is 0 Å². The Hall–Kier alpha value is -2.80. The number of fused-ring (bicyclic) bond motifs is 1. The molecule has 1 aliphatic rings. The van der Waals surface area contributed by atoms with Gasteiger partial charge in [0.1, 0.15) is 5.02 Å². The highest BCUT2D eigenvalue weighted by molar-refractivity contribution is 6.32. The van der Waals surface area contributed by atoms with Crippen molar-refractivity contribution in [3.63, 3.8) is 0 Å². The molecule has 4 rings (SSSR count). The molecule has 0 saturated heterocycles. The van der Waals surface area contributed by atoms with Gasteiger partial charge in [0.15, 0.2) is 0 Å². The summed E-state index contributed by atoms with van der Waals surface area (Å²) >= 11 is 6.21. The summed E-state index contributed by atoms with van der Waals surface area (Å²) in [6, 6.07) is 9.02. The number of hydrogen-bond donors (Lipinski definition) is 1. The molecular weight excluding hydrogens is 390 g/mol. The van der Waals surface area contributed by atoms with E-state index < -0.39 is 0 Å². The molecule has 0 bridgehead atoms. The average molecular weight is 414 g/mol. The Balaban J connectivity index is 1.68.